The lowest BCUT2D eigenvalue weighted by Crippen LogP contribution is -2.35. The molecule has 0 saturated carbocycles. The molecule has 2 aliphatic heterocycles. The zero-order valence-electron chi connectivity index (χ0n) is 21.6. The maximum atomic E-state index is 13.6. The van der Waals surface area contributed by atoms with Crippen molar-refractivity contribution in [1.29, 1.82) is 0 Å². The molecule has 9 heteroatoms. The molecule has 0 aliphatic carbocycles. The normalized spacial score (nSPS) is 17.7. The number of likely N-dealkylation sites (tertiary alicyclic amines) is 1. The summed E-state index contributed by atoms with van der Waals surface area (Å²) in [6.07, 6.45) is 0. The Labute approximate surface area is 221 Å². The van der Waals surface area contributed by atoms with Crippen LogP contribution in [0.2, 0.25) is 0 Å². The molecule has 5 rings (SSSR count). The summed E-state index contributed by atoms with van der Waals surface area (Å²) >= 11 is 0. The second kappa shape index (κ2) is 10.9. The van der Waals surface area contributed by atoms with Crippen molar-refractivity contribution in [2.75, 3.05) is 41.2 Å². The van der Waals surface area contributed by atoms with Crippen LogP contribution in [-0.2, 0) is 11.3 Å². The Kier molecular flexibility index (Phi) is 7.26. The summed E-state index contributed by atoms with van der Waals surface area (Å²) in [4.78, 5) is 28.8. The van der Waals surface area contributed by atoms with E-state index in [0.29, 0.717) is 47.4 Å². The predicted octanol–water partition coefficient (Wildman–Crippen LogP) is 3.61. The molecule has 9 nitrogen and oxygen atoms in total. The fraction of sp³-hybridized carbons (Fsp3) is 0.310. The van der Waals surface area contributed by atoms with E-state index in [9.17, 15) is 9.59 Å². The minimum atomic E-state index is -0.485. The van der Waals surface area contributed by atoms with Crippen LogP contribution in [0.15, 0.2) is 60.7 Å². The Morgan fingerprint density at radius 2 is 1.68 bits per heavy atom. The number of amides is 2. The maximum Gasteiger partial charge on any atom is 0.254 e. The van der Waals surface area contributed by atoms with E-state index in [0.717, 1.165) is 11.1 Å². The third-order valence-corrected chi connectivity index (χ3v) is 7.00. The summed E-state index contributed by atoms with van der Waals surface area (Å²) in [5.74, 6) is 2.14. The molecule has 2 aliphatic rings. The van der Waals surface area contributed by atoms with Crippen molar-refractivity contribution in [1.82, 2.24) is 10.2 Å². The van der Waals surface area contributed by atoms with Gasteiger partial charge in [0.15, 0.2) is 11.5 Å². The Hall–Kier alpha value is -4.40. The molecule has 1 N–H and O–H groups in total. The SMILES string of the molecule is COc1cccc(C(=O)N2C[C@H](C(=O)NCc3ccc4c(c3)OCO4)[C@@H](c3ccc(OC)cc3OC)C2)c1. The van der Waals surface area contributed by atoms with Crippen LogP contribution in [0.5, 0.6) is 28.7 Å². The lowest BCUT2D eigenvalue weighted by molar-refractivity contribution is -0.125. The van der Waals surface area contributed by atoms with Crippen LogP contribution in [0.4, 0.5) is 0 Å². The number of hydrogen-bond donors (Lipinski definition) is 1. The second-order valence-corrected chi connectivity index (χ2v) is 9.17. The van der Waals surface area contributed by atoms with Crippen LogP contribution in [0.3, 0.4) is 0 Å². The molecule has 1 fully saturated rings. The molecular formula is C29H30N2O7. The van der Waals surface area contributed by atoms with Crippen molar-refractivity contribution in [2.24, 2.45) is 5.92 Å². The number of nitrogens with zero attached hydrogens (tertiary/aromatic N) is 1. The molecule has 3 aromatic carbocycles. The maximum absolute atomic E-state index is 13.6. The van der Waals surface area contributed by atoms with E-state index in [-0.39, 0.29) is 31.1 Å². The third kappa shape index (κ3) is 5.04. The van der Waals surface area contributed by atoms with Crippen molar-refractivity contribution in [3.63, 3.8) is 0 Å². The Morgan fingerprint density at radius 3 is 2.47 bits per heavy atom. The van der Waals surface area contributed by atoms with E-state index < -0.39 is 5.92 Å². The lowest BCUT2D eigenvalue weighted by atomic mass is 9.87. The highest BCUT2D eigenvalue weighted by Crippen LogP contribution is 2.40. The highest BCUT2D eigenvalue weighted by Gasteiger charge is 2.42. The van der Waals surface area contributed by atoms with Crippen molar-refractivity contribution in [2.45, 2.75) is 12.5 Å². The average Bonchev–Trinajstić information content (AvgIpc) is 3.62. The number of methoxy groups -OCH3 is 3. The zero-order chi connectivity index (χ0) is 26.6. The highest BCUT2D eigenvalue weighted by atomic mass is 16.7. The Balaban J connectivity index is 1.39. The van der Waals surface area contributed by atoms with Gasteiger partial charge in [-0.05, 0) is 42.0 Å². The second-order valence-electron chi connectivity index (χ2n) is 9.17. The minimum Gasteiger partial charge on any atom is -0.497 e. The van der Waals surface area contributed by atoms with Gasteiger partial charge in [-0.2, -0.15) is 0 Å². The Morgan fingerprint density at radius 1 is 0.895 bits per heavy atom. The first kappa shape index (κ1) is 25.3. The largest absolute Gasteiger partial charge is 0.497 e. The van der Waals surface area contributed by atoms with Crippen LogP contribution in [0, 0.1) is 5.92 Å². The molecule has 1 saturated heterocycles. The standard InChI is InChI=1S/C29H30N2O7/c1-34-20-6-4-5-19(12-20)29(33)31-15-23(22-9-8-21(35-2)13-26(22)36-3)24(16-31)28(32)30-14-18-7-10-25-27(11-18)38-17-37-25/h4-13,23-24H,14-17H2,1-3H3,(H,30,32)/t23-,24+/m1/s1. The fourth-order valence-corrected chi connectivity index (χ4v) is 4.99. The van der Waals surface area contributed by atoms with Crippen LogP contribution < -0.4 is 29.0 Å². The minimum absolute atomic E-state index is 0.147. The van der Waals surface area contributed by atoms with Crippen molar-refractivity contribution >= 4 is 11.8 Å². The third-order valence-electron chi connectivity index (χ3n) is 7.00. The van der Waals surface area contributed by atoms with E-state index in [1.165, 1.54) is 0 Å². The number of fused-ring (bicyclic) bond motifs is 1. The zero-order valence-corrected chi connectivity index (χ0v) is 21.6. The quantitative estimate of drug-likeness (QED) is 0.487. The van der Waals surface area contributed by atoms with Crippen molar-refractivity contribution in [3.8, 4) is 28.7 Å². The van der Waals surface area contributed by atoms with Gasteiger partial charge in [-0.3, -0.25) is 9.59 Å². The predicted molar refractivity (Wildman–Crippen MR) is 139 cm³/mol. The summed E-state index contributed by atoms with van der Waals surface area (Å²) in [6.45, 7) is 1.14. The highest BCUT2D eigenvalue weighted by molar-refractivity contribution is 5.95. The van der Waals surface area contributed by atoms with Crippen LogP contribution in [0.25, 0.3) is 0 Å². The average molecular weight is 519 g/mol. The number of hydrogen-bond acceptors (Lipinski definition) is 7. The van der Waals surface area contributed by atoms with Gasteiger partial charge in [0.2, 0.25) is 12.7 Å². The van der Waals surface area contributed by atoms with Gasteiger partial charge in [-0.25, -0.2) is 0 Å². The van der Waals surface area contributed by atoms with E-state index >= 15 is 0 Å². The first-order valence-corrected chi connectivity index (χ1v) is 12.3. The van der Waals surface area contributed by atoms with E-state index in [4.69, 9.17) is 23.7 Å². The molecule has 0 aromatic heterocycles. The van der Waals surface area contributed by atoms with Crippen molar-refractivity contribution < 1.29 is 33.3 Å². The summed E-state index contributed by atoms with van der Waals surface area (Å²) < 4.78 is 27.1. The number of benzene rings is 3. The topological polar surface area (TPSA) is 95.6 Å². The summed E-state index contributed by atoms with van der Waals surface area (Å²) in [5, 5.41) is 3.05. The van der Waals surface area contributed by atoms with Gasteiger partial charge in [0.25, 0.3) is 5.91 Å². The molecule has 2 heterocycles. The van der Waals surface area contributed by atoms with E-state index in [2.05, 4.69) is 5.32 Å². The molecule has 2 atom stereocenters. The molecule has 38 heavy (non-hydrogen) atoms. The first-order chi connectivity index (χ1) is 18.5. The smallest absolute Gasteiger partial charge is 0.254 e. The first-order valence-electron chi connectivity index (χ1n) is 12.3. The molecular weight excluding hydrogens is 488 g/mol. The summed E-state index contributed by atoms with van der Waals surface area (Å²) in [6, 6.07) is 18.2. The molecule has 0 bridgehead atoms. The molecule has 0 spiro atoms. The van der Waals surface area contributed by atoms with Gasteiger partial charge >= 0.3 is 0 Å². The van der Waals surface area contributed by atoms with Crippen molar-refractivity contribution in [3.05, 3.63) is 77.4 Å². The lowest BCUT2D eigenvalue weighted by Gasteiger charge is -2.21. The molecule has 198 valence electrons. The monoisotopic (exact) mass is 518 g/mol. The molecule has 0 radical (unpaired) electrons. The number of ether oxygens (including phenoxy) is 5. The van der Waals surface area contributed by atoms with Crippen LogP contribution in [-0.4, -0.2) is 57.9 Å². The fourth-order valence-electron chi connectivity index (χ4n) is 4.99. The molecule has 0 unspecified atom stereocenters. The summed E-state index contributed by atoms with van der Waals surface area (Å²) in [7, 11) is 4.73. The van der Waals surface area contributed by atoms with Gasteiger partial charge in [0.1, 0.15) is 17.2 Å². The van der Waals surface area contributed by atoms with Gasteiger partial charge in [0.05, 0.1) is 27.2 Å². The van der Waals surface area contributed by atoms with Gasteiger partial charge in [-0.1, -0.05) is 18.2 Å². The summed E-state index contributed by atoms with van der Waals surface area (Å²) in [5.41, 5.74) is 2.24. The number of nitrogens with one attached hydrogen (secondary N) is 1. The number of rotatable bonds is 8. The van der Waals surface area contributed by atoms with Crippen LogP contribution >= 0.6 is 0 Å². The van der Waals surface area contributed by atoms with Gasteiger partial charge < -0.3 is 33.9 Å². The van der Waals surface area contributed by atoms with E-state index in [1.807, 2.05) is 30.3 Å². The Bertz CT molecular complexity index is 1340. The molecule has 2 amide bonds. The van der Waals surface area contributed by atoms with Gasteiger partial charge in [0, 0.05) is 42.7 Å². The number of carbonyl (C=O) groups excluding carboxylic acids is 2. The number of carbonyl (C=O) groups is 2. The van der Waals surface area contributed by atoms with Gasteiger partial charge in [-0.15, -0.1) is 0 Å². The van der Waals surface area contributed by atoms with E-state index in [1.54, 1.807) is 56.6 Å². The van der Waals surface area contributed by atoms with Crippen LogP contribution in [0.1, 0.15) is 27.4 Å². The molecule has 3 aromatic rings.